The lowest BCUT2D eigenvalue weighted by atomic mass is 9.99. The predicted molar refractivity (Wildman–Crippen MR) is 110 cm³/mol. The summed E-state index contributed by atoms with van der Waals surface area (Å²) in [5.74, 6) is -0.0831. The third-order valence-corrected chi connectivity index (χ3v) is 5.24. The Hall–Kier alpha value is -3.74. The third-order valence-electron chi connectivity index (χ3n) is 5.24. The van der Waals surface area contributed by atoms with E-state index in [9.17, 15) is 4.79 Å². The van der Waals surface area contributed by atoms with Crippen LogP contribution >= 0.6 is 0 Å². The van der Waals surface area contributed by atoms with Crippen LogP contribution in [0.5, 0.6) is 0 Å². The van der Waals surface area contributed by atoms with Gasteiger partial charge in [-0.05, 0) is 29.7 Å². The molecule has 29 heavy (non-hydrogen) atoms. The van der Waals surface area contributed by atoms with Crippen LogP contribution in [0.2, 0.25) is 0 Å². The number of H-pyrrole nitrogens is 1. The van der Waals surface area contributed by atoms with E-state index >= 15 is 0 Å². The van der Waals surface area contributed by atoms with Gasteiger partial charge in [0.05, 0.1) is 12.7 Å². The molecule has 0 atom stereocenters. The molecule has 0 saturated heterocycles. The lowest BCUT2D eigenvalue weighted by molar-refractivity contribution is 0.0767. The van der Waals surface area contributed by atoms with E-state index in [1.165, 1.54) is 5.57 Å². The Morgan fingerprint density at radius 2 is 2.03 bits per heavy atom. The van der Waals surface area contributed by atoms with Crippen LogP contribution in [0.3, 0.4) is 0 Å². The van der Waals surface area contributed by atoms with E-state index in [2.05, 4.69) is 32.4 Å². The normalized spacial score (nSPS) is 14.2. The zero-order valence-corrected chi connectivity index (χ0v) is 15.8. The summed E-state index contributed by atoms with van der Waals surface area (Å²) in [6.45, 7) is 1.82. The van der Waals surface area contributed by atoms with Gasteiger partial charge in [0.15, 0.2) is 5.69 Å². The maximum Gasteiger partial charge on any atom is 0.276 e. The summed E-state index contributed by atoms with van der Waals surface area (Å²) in [5.41, 5.74) is 4.79. The van der Waals surface area contributed by atoms with Gasteiger partial charge in [-0.15, -0.1) is 5.10 Å². The first-order valence-electron chi connectivity index (χ1n) is 9.63. The second kappa shape index (κ2) is 7.35. The molecule has 0 aliphatic carbocycles. The van der Waals surface area contributed by atoms with E-state index in [1.54, 1.807) is 17.1 Å². The van der Waals surface area contributed by atoms with Gasteiger partial charge in [0, 0.05) is 36.4 Å². The van der Waals surface area contributed by atoms with Crippen LogP contribution in [0.1, 0.15) is 28.0 Å². The summed E-state index contributed by atoms with van der Waals surface area (Å²) >= 11 is 0. The van der Waals surface area contributed by atoms with Gasteiger partial charge in [-0.2, -0.15) is 0 Å². The minimum atomic E-state index is -0.0831. The van der Waals surface area contributed by atoms with Crippen LogP contribution in [-0.4, -0.2) is 48.9 Å². The van der Waals surface area contributed by atoms with Crippen molar-refractivity contribution in [3.05, 3.63) is 84.0 Å². The first-order valence-corrected chi connectivity index (χ1v) is 9.63. The largest absolute Gasteiger partial charge is 0.346 e. The maximum atomic E-state index is 12.8. The molecular formula is C22H20N6O. The van der Waals surface area contributed by atoms with Crippen LogP contribution in [0.25, 0.3) is 16.6 Å². The van der Waals surface area contributed by atoms with E-state index < -0.39 is 0 Å². The van der Waals surface area contributed by atoms with Gasteiger partial charge in [0.25, 0.3) is 5.91 Å². The van der Waals surface area contributed by atoms with Crippen molar-refractivity contribution in [1.82, 2.24) is 29.9 Å². The second-order valence-corrected chi connectivity index (χ2v) is 7.12. The zero-order valence-electron chi connectivity index (χ0n) is 15.8. The van der Waals surface area contributed by atoms with Crippen LogP contribution in [-0.2, 0) is 6.54 Å². The molecule has 1 aromatic carbocycles. The Labute approximate surface area is 167 Å². The van der Waals surface area contributed by atoms with E-state index in [0.29, 0.717) is 25.3 Å². The van der Waals surface area contributed by atoms with Crippen LogP contribution in [0.4, 0.5) is 0 Å². The highest BCUT2D eigenvalue weighted by Gasteiger charge is 2.22. The number of amides is 1. The van der Waals surface area contributed by atoms with Gasteiger partial charge in [-0.3, -0.25) is 4.79 Å². The molecule has 1 N–H and O–H groups in total. The predicted octanol–water partition coefficient (Wildman–Crippen LogP) is 3.13. The Kier molecular flexibility index (Phi) is 4.40. The molecule has 0 bridgehead atoms. The maximum absolute atomic E-state index is 12.8. The van der Waals surface area contributed by atoms with Gasteiger partial charge in [0.2, 0.25) is 0 Å². The minimum Gasteiger partial charge on any atom is -0.346 e. The van der Waals surface area contributed by atoms with Crippen molar-refractivity contribution in [3.8, 4) is 0 Å². The zero-order chi connectivity index (χ0) is 19.6. The standard InChI is InChI=1S/C22H20N6O/c29-22(20-15-28(26-25-20)14-16-5-2-1-3-6-16)27-11-8-17(9-12-27)19-13-24-21-18(19)7-4-10-23-21/h1-8,10,13,15H,9,11-12,14H2,(H,23,24). The molecule has 0 fully saturated rings. The Morgan fingerprint density at radius 3 is 2.86 bits per heavy atom. The molecular weight excluding hydrogens is 364 g/mol. The summed E-state index contributed by atoms with van der Waals surface area (Å²) < 4.78 is 1.70. The topological polar surface area (TPSA) is 79.7 Å². The fourth-order valence-electron chi connectivity index (χ4n) is 3.73. The number of aromatic amines is 1. The molecule has 0 radical (unpaired) electrons. The average molecular weight is 384 g/mol. The number of rotatable bonds is 4. The van der Waals surface area contributed by atoms with E-state index in [-0.39, 0.29) is 5.91 Å². The monoisotopic (exact) mass is 384 g/mol. The highest BCUT2D eigenvalue weighted by molar-refractivity contribution is 5.94. The van der Waals surface area contributed by atoms with Crippen molar-refractivity contribution in [2.45, 2.75) is 13.0 Å². The molecule has 0 unspecified atom stereocenters. The number of hydrogen-bond acceptors (Lipinski definition) is 4. The van der Waals surface area contributed by atoms with Crippen molar-refractivity contribution in [2.24, 2.45) is 0 Å². The Balaban J connectivity index is 1.29. The quantitative estimate of drug-likeness (QED) is 0.586. The molecule has 5 rings (SSSR count). The SMILES string of the molecule is O=C(c1cn(Cc2ccccc2)nn1)N1CC=C(c2c[nH]c3ncccc23)CC1. The lowest BCUT2D eigenvalue weighted by Gasteiger charge is -2.25. The number of carbonyl (C=O) groups excluding carboxylic acids is 1. The van der Waals surface area contributed by atoms with Crippen molar-refractivity contribution in [1.29, 1.82) is 0 Å². The fourth-order valence-corrected chi connectivity index (χ4v) is 3.73. The number of nitrogens with zero attached hydrogens (tertiary/aromatic N) is 5. The molecule has 7 heteroatoms. The summed E-state index contributed by atoms with van der Waals surface area (Å²) in [4.78, 5) is 22.2. The van der Waals surface area contributed by atoms with Crippen molar-refractivity contribution in [2.75, 3.05) is 13.1 Å². The number of carbonyl (C=O) groups is 1. The van der Waals surface area contributed by atoms with Crippen LogP contribution < -0.4 is 0 Å². The first kappa shape index (κ1) is 17.4. The molecule has 0 saturated carbocycles. The fraction of sp³-hybridized carbons (Fsp3) is 0.182. The van der Waals surface area contributed by atoms with Gasteiger partial charge < -0.3 is 9.88 Å². The van der Waals surface area contributed by atoms with Crippen LogP contribution in [0.15, 0.2) is 67.1 Å². The molecule has 4 aromatic rings. The van der Waals surface area contributed by atoms with Crippen molar-refractivity contribution in [3.63, 3.8) is 0 Å². The van der Waals surface area contributed by atoms with E-state index in [4.69, 9.17) is 0 Å². The molecule has 1 aliphatic heterocycles. The summed E-state index contributed by atoms with van der Waals surface area (Å²) in [5, 5.41) is 9.31. The Morgan fingerprint density at radius 1 is 1.14 bits per heavy atom. The average Bonchev–Trinajstić information content (AvgIpc) is 3.41. The van der Waals surface area contributed by atoms with Gasteiger partial charge in [-0.25, -0.2) is 9.67 Å². The number of benzene rings is 1. The van der Waals surface area contributed by atoms with Crippen LogP contribution in [0, 0.1) is 0 Å². The number of aromatic nitrogens is 5. The third kappa shape index (κ3) is 3.42. The molecule has 1 aliphatic rings. The lowest BCUT2D eigenvalue weighted by Crippen LogP contribution is -2.34. The molecule has 1 amide bonds. The molecule has 7 nitrogen and oxygen atoms in total. The Bertz CT molecular complexity index is 1190. The minimum absolute atomic E-state index is 0.0831. The second-order valence-electron chi connectivity index (χ2n) is 7.12. The van der Waals surface area contributed by atoms with Gasteiger partial charge in [0.1, 0.15) is 5.65 Å². The van der Waals surface area contributed by atoms with Gasteiger partial charge in [-0.1, -0.05) is 41.6 Å². The highest BCUT2D eigenvalue weighted by atomic mass is 16.2. The number of hydrogen-bond donors (Lipinski definition) is 1. The molecule has 4 heterocycles. The summed E-state index contributed by atoms with van der Waals surface area (Å²) in [6, 6.07) is 14.0. The number of fused-ring (bicyclic) bond motifs is 1. The molecule has 0 spiro atoms. The smallest absolute Gasteiger partial charge is 0.276 e. The number of pyridine rings is 1. The van der Waals surface area contributed by atoms with Crippen molar-refractivity contribution >= 4 is 22.5 Å². The van der Waals surface area contributed by atoms with Crippen molar-refractivity contribution < 1.29 is 4.79 Å². The summed E-state index contributed by atoms with van der Waals surface area (Å²) in [7, 11) is 0. The molecule has 3 aromatic heterocycles. The highest BCUT2D eigenvalue weighted by Crippen LogP contribution is 2.28. The molecule has 144 valence electrons. The number of nitrogens with one attached hydrogen (secondary N) is 1. The van der Waals surface area contributed by atoms with Gasteiger partial charge >= 0.3 is 0 Å². The van der Waals surface area contributed by atoms with E-state index in [1.807, 2.05) is 47.5 Å². The first-order chi connectivity index (χ1) is 14.3. The van der Waals surface area contributed by atoms with E-state index in [0.717, 1.165) is 28.6 Å². The summed E-state index contributed by atoms with van der Waals surface area (Å²) in [6.07, 6.45) is 8.41.